The molecule has 2 rings (SSSR count). The van der Waals surface area contributed by atoms with Crippen LogP contribution in [0.25, 0.3) is 11.1 Å². The molecule has 0 saturated heterocycles. The summed E-state index contributed by atoms with van der Waals surface area (Å²) in [5.74, 6) is 0.966. The number of methoxy groups -OCH3 is 2. The molecule has 4 nitrogen and oxygen atoms in total. The molecular formula is C14H14O4. The Morgan fingerprint density at radius 1 is 0.722 bits per heavy atom. The number of rotatable bonds is 3. The Balaban J connectivity index is 2.45. The first-order chi connectivity index (χ1) is 8.65. The Kier molecular flexibility index (Phi) is 3.28. The van der Waals surface area contributed by atoms with Crippen LogP contribution in [-0.2, 0) is 0 Å². The average Bonchev–Trinajstić information content (AvgIpc) is 2.39. The molecule has 0 spiro atoms. The smallest absolute Gasteiger partial charge is 0.161 e. The fraction of sp³-hybridized carbons (Fsp3) is 0.143. The molecule has 0 heterocycles. The van der Waals surface area contributed by atoms with Crippen molar-refractivity contribution in [1.29, 1.82) is 0 Å². The lowest BCUT2D eigenvalue weighted by Crippen LogP contribution is -1.87. The van der Waals surface area contributed by atoms with Crippen molar-refractivity contribution in [1.82, 2.24) is 0 Å². The maximum atomic E-state index is 9.73. The third kappa shape index (κ3) is 2.18. The van der Waals surface area contributed by atoms with Gasteiger partial charge in [0.05, 0.1) is 14.2 Å². The molecule has 0 unspecified atom stereocenters. The van der Waals surface area contributed by atoms with Gasteiger partial charge in [-0.3, -0.25) is 0 Å². The standard InChI is InChI=1S/C14H14O4/c1-17-13-6-4-9(7-12(13)16)10-3-5-11(15)14(8-10)18-2/h3-8,15-16H,1-2H3. The van der Waals surface area contributed by atoms with Crippen molar-refractivity contribution in [2.45, 2.75) is 0 Å². The van der Waals surface area contributed by atoms with Gasteiger partial charge in [-0.25, -0.2) is 0 Å². The van der Waals surface area contributed by atoms with Crippen LogP contribution in [0.5, 0.6) is 23.0 Å². The van der Waals surface area contributed by atoms with Crippen molar-refractivity contribution in [2.75, 3.05) is 14.2 Å². The molecule has 0 fully saturated rings. The van der Waals surface area contributed by atoms with Crippen molar-refractivity contribution in [2.24, 2.45) is 0 Å². The highest BCUT2D eigenvalue weighted by Crippen LogP contribution is 2.35. The first kappa shape index (κ1) is 12.1. The predicted octanol–water partition coefficient (Wildman–Crippen LogP) is 2.78. The molecule has 0 aliphatic heterocycles. The molecule has 0 bridgehead atoms. The van der Waals surface area contributed by atoms with Crippen LogP contribution in [0, 0.1) is 0 Å². The van der Waals surface area contributed by atoms with Gasteiger partial charge in [0, 0.05) is 0 Å². The van der Waals surface area contributed by atoms with Gasteiger partial charge in [-0.1, -0.05) is 12.1 Å². The molecule has 2 N–H and O–H groups in total. The summed E-state index contributed by atoms with van der Waals surface area (Å²) in [7, 11) is 2.99. The molecule has 2 aromatic rings. The SMILES string of the molecule is COc1ccc(-c2ccc(O)c(OC)c2)cc1O. The van der Waals surface area contributed by atoms with Gasteiger partial charge in [-0.15, -0.1) is 0 Å². The minimum absolute atomic E-state index is 0.0713. The van der Waals surface area contributed by atoms with Gasteiger partial charge in [0.2, 0.25) is 0 Å². The second kappa shape index (κ2) is 4.87. The molecule has 0 aliphatic carbocycles. The Morgan fingerprint density at radius 2 is 1.33 bits per heavy atom. The van der Waals surface area contributed by atoms with E-state index >= 15 is 0 Å². The number of aromatic hydroxyl groups is 2. The van der Waals surface area contributed by atoms with Crippen molar-refractivity contribution >= 4 is 0 Å². The monoisotopic (exact) mass is 246 g/mol. The van der Waals surface area contributed by atoms with E-state index in [1.54, 1.807) is 30.3 Å². The van der Waals surface area contributed by atoms with Gasteiger partial charge in [-0.05, 0) is 35.4 Å². The first-order valence-electron chi connectivity index (χ1n) is 5.40. The van der Waals surface area contributed by atoms with Gasteiger partial charge < -0.3 is 19.7 Å². The Hall–Kier alpha value is -2.36. The van der Waals surface area contributed by atoms with Crippen LogP contribution in [0.2, 0.25) is 0 Å². The zero-order chi connectivity index (χ0) is 13.1. The summed E-state index contributed by atoms with van der Waals surface area (Å²) in [6.45, 7) is 0. The lowest BCUT2D eigenvalue weighted by atomic mass is 10.0. The minimum Gasteiger partial charge on any atom is -0.504 e. The second-order valence-electron chi connectivity index (χ2n) is 3.77. The maximum Gasteiger partial charge on any atom is 0.161 e. The summed E-state index contributed by atoms with van der Waals surface area (Å²) < 4.78 is 10.0. The van der Waals surface area contributed by atoms with E-state index in [4.69, 9.17) is 9.47 Å². The van der Waals surface area contributed by atoms with Gasteiger partial charge in [0.25, 0.3) is 0 Å². The molecule has 0 amide bonds. The number of phenols is 2. The van der Waals surface area contributed by atoms with E-state index in [0.717, 1.165) is 11.1 Å². The Labute approximate surface area is 105 Å². The van der Waals surface area contributed by atoms with Crippen LogP contribution in [0.3, 0.4) is 0 Å². The predicted molar refractivity (Wildman–Crippen MR) is 68.3 cm³/mol. The van der Waals surface area contributed by atoms with E-state index in [0.29, 0.717) is 11.5 Å². The number of ether oxygens (including phenoxy) is 2. The third-order valence-electron chi connectivity index (χ3n) is 2.69. The Bertz CT molecular complexity index is 564. The van der Waals surface area contributed by atoms with Crippen LogP contribution in [0.15, 0.2) is 36.4 Å². The largest absolute Gasteiger partial charge is 0.504 e. The topological polar surface area (TPSA) is 58.9 Å². The molecule has 0 radical (unpaired) electrons. The zero-order valence-corrected chi connectivity index (χ0v) is 10.2. The third-order valence-corrected chi connectivity index (χ3v) is 2.69. The molecule has 0 aliphatic rings. The van der Waals surface area contributed by atoms with Crippen LogP contribution >= 0.6 is 0 Å². The van der Waals surface area contributed by atoms with Crippen LogP contribution < -0.4 is 9.47 Å². The van der Waals surface area contributed by atoms with Gasteiger partial charge >= 0.3 is 0 Å². The van der Waals surface area contributed by atoms with Gasteiger partial charge in [0.15, 0.2) is 23.0 Å². The van der Waals surface area contributed by atoms with Gasteiger partial charge in [-0.2, -0.15) is 0 Å². The summed E-state index contributed by atoms with van der Waals surface area (Å²) in [6.07, 6.45) is 0. The van der Waals surface area contributed by atoms with Crippen molar-refractivity contribution in [3.8, 4) is 34.1 Å². The quantitative estimate of drug-likeness (QED) is 0.874. The fourth-order valence-corrected chi connectivity index (χ4v) is 1.73. The Morgan fingerprint density at radius 3 is 1.94 bits per heavy atom. The van der Waals surface area contributed by atoms with Crippen LogP contribution in [0.4, 0.5) is 0 Å². The molecule has 2 aromatic carbocycles. The summed E-state index contributed by atoms with van der Waals surface area (Å²) >= 11 is 0. The van der Waals surface area contributed by atoms with Crippen molar-refractivity contribution in [3.05, 3.63) is 36.4 Å². The molecule has 94 valence electrons. The van der Waals surface area contributed by atoms with Gasteiger partial charge in [0.1, 0.15) is 0 Å². The number of benzene rings is 2. The van der Waals surface area contributed by atoms with Crippen LogP contribution in [-0.4, -0.2) is 24.4 Å². The molecular weight excluding hydrogens is 232 g/mol. The van der Waals surface area contributed by atoms with Crippen molar-refractivity contribution in [3.63, 3.8) is 0 Å². The molecule has 0 aromatic heterocycles. The average molecular weight is 246 g/mol. The fourth-order valence-electron chi connectivity index (χ4n) is 1.73. The summed E-state index contributed by atoms with van der Waals surface area (Å²) in [4.78, 5) is 0. The molecule has 18 heavy (non-hydrogen) atoms. The summed E-state index contributed by atoms with van der Waals surface area (Å²) in [5, 5.41) is 19.3. The van der Waals surface area contributed by atoms with E-state index in [2.05, 4.69) is 0 Å². The highest BCUT2D eigenvalue weighted by Gasteiger charge is 2.07. The van der Waals surface area contributed by atoms with Crippen LogP contribution in [0.1, 0.15) is 0 Å². The lowest BCUT2D eigenvalue weighted by molar-refractivity contribution is 0.373. The zero-order valence-electron chi connectivity index (χ0n) is 10.2. The molecule has 0 atom stereocenters. The molecule has 0 saturated carbocycles. The van der Waals surface area contributed by atoms with Crippen molar-refractivity contribution < 1.29 is 19.7 Å². The summed E-state index contributed by atoms with van der Waals surface area (Å²) in [6, 6.07) is 10.1. The van der Waals surface area contributed by atoms with E-state index < -0.39 is 0 Å². The number of hydrogen-bond donors (Lipinski definition) is 2. The number of hydrogen-bond acceptors (Lipinski definition) is 4. The number of phenolic OH excluding ortho intramolecular Hbond substituents is 2. The van der Waals surface area contributed by atoms with E-state index in [-0.39, 0.29) is 11.5 Å². The molecule has 4 heteroatoms. The highest BCUT2D eigenvalue weighted by atomic mass is 16.5. The second-order valence-corrected chi connectivity index (χ2v) is 3.77. The van der Waals surface area contributed by atoms with E-state index in [9.17, 15) is 10.2 Å². The summed E-state index contributed by atoms with van der Waals surface area (Å²) in [5.41, 5.74) is 1.65. The maximum absolute atomic E-state index is 9.73. The van der Waals surface area contributed by atoms with E-state index in [1.807, 2.05) is 6.07 Å². The first-order valence-corrected chi connectivity index (χ1v) is 5.40. The normalized spacial score (nSPS) is 10.1. The lowest BCUT2D eigenvalue weighted by Gasteiger charge is -2.09. The highest BCUT2D eigenvalue weighted by molar-refractivity contribution is 5.69. The minimum atomic E-state index is 0.0713. The van der Waals surface area contributed by atoms with E-state index in [1.165, 1.54) is 14.2 Å².